The number of rotatable bonds is 2. The molecule has 2 rings (SSSR count). The molecule has 0 bridgehead atoms. The van der Waals surface area contributed by atoms with Crippen LogP contribution in [-0.2, 0) is 0 Å². The standard InChI is InChI=1S/C13H14FN3/c1-8(2)12-7-11(13(15)17-16-12)9-4-3-5-10(14)6-9/h3-8H,1-2H3,(H2,15,17). The Balaban J connectivity index is 2.54. The summed E-state index contributed by atoms with van der Waals surface area (Å²) in [5.74, 6) is 0.292. The topological polar surface area (TPSA) is 51.8 Å². The molecule has 0 aliphatic heterocycles. The Hall–Kier alpha value is -1.97. The second kappa shape index (κ2) is 4.49. The van der Waals surface area contributed by atoms with E-state index in [1.165, 1.54) is 12.1 Å². The molecule has 0 radical (unpaired) electrons. The predicted octanol–water partition coefficient (Wildman–Crippen LogP) is 2.99. The van der Waals surface area contributed by atoms with E-state index in [4.69, 9.17) is 5.73 Å². The van der Waals surface area contributed by atoms with E-state index < -0.39 is 0 Å². The number of hydrogen-bond donors (Lipinski definition) is 1. The number of hydrogen-bond acceptors (Lipinski definition) is 3. The Morgan fingerprint density at radius 2 is 1.94 bits per heavy atom. The molecule has 0 saturated heterocycles. The van der Waals surface area contributed by atoms with Gasteiger partial charge < -0.3 is 5.73 Å². The number of nitrogens with two attached hydrogens (primary N) is 1. The van der Waals surface area contributed by atoms with Crippen LogP contribution in [0.5, 0.6) is 0 Å². The van der Waals surface area contributed by atoms with E-state index in [-0.39, 0.29) is 11.7 Å². The van der Waals surface area contributed by atoms with Crippen LogP contribution < -0.4 is 5.73 Å². The zero-order chi connectivity index (χ0) is 12.4. The molecule has 0 unspecified atom stereocenters. The minimum atomic E-state index is -0.287. The summed E-state index contributed by atoms with van der Waals surface area (Å²) in [5.41, 5.74) is 8.07. The lowest BCUT2D eigenvalue weighted by molar-refractivity contribution is 0.628. The number of benzene rings is 1. The molecule has 88 valence electrons. The summed E-state index contributed by atoms with van der Waals surface area (Å²) >= 11 is 0. The summed E-state index contributed by atoms with van der Waals surface area (Å²) in [7, 11) is 0. The number of nitrogen functional groups attached to an aromatic ring is 1. The largest absolute Gasteiger partial charge is 0.382 e. The quantitative estimate of drug-likeness (QED) is 0.864. The van der Waals surface area contributed by atoms with Gasteiger partial charge in [-0.15, -0.1) is 5.10 Å². The number of anilines is 1. The lowest BCUT2D eigenvalue weighted by atomic mass is 10.0. The van der Waals surface area contributed by atoms with Gasteiger partial charge in [0.2, 0.25) is 0 Å². The minimum Gasteiger partial charge on any atom is -0.382 e. The van der Waals surface area contributed by atoms with Gasteiger partial charge in [0.25, 0.3) is 0 Å². The summed E-state index contributed by atoms with van der Waals surface area (Å²) in [6.07, 6.45) is 0. The van der Waals surface area contributed by atoms with Crippen LogP contribution in [0.3, 0.4) is 0 Å². The van der Waals surface area contributed by atoms with Gasteiger partial charge in [0.1, 0.15) is 5.82 Å². The molecule has 3 nitrogen and oxygen atoms in total. The van der Waals surface area contributed by atoms with Gasteiger partial charge in [-0.1, -0.05) is 26.0 Å². The third-order valence-corrected chi connectivity index (χ3v) is 2.57. The second-order valence-corrected chi connectivity index (χ2v) is 4.23. The SMILES string of the molecule is CC(C)c1cc(-c2cccc(F)c2)c(N)nn1. The van der Waals surface area contributed by atoms with Gasteiger partial charge in [-0.05, 0) is 29.7 Å². The fourth-order valence-corrected chi connectivity index (χ4v) is 1.59. The Labute approximate surface area is 99.5 Å². The van der Waals surface area contributed by atoms with E-state index in [2.05, 4.69) is 10.2 Å². The molecule has 1 heterocycles. The first kappa shape index (κ1) is 11.5. The zero-order valence-electron chi connectivity index (χ0n) is 9.81. The van der Waals surface area contributed by atoms with Gasteiger partial charge >= 0.3 is 0 Å². The molecule has 0 atom stereocenters. The number of aromatic nitrogens is 2. The molecule has 0 aliphatic rings. The first-order valence-electron chi connectivity index (χ1n) is 5.47. The van der Waals surface area contributed by atoms with Crippen molar-refractivity contribution in [3.8, 4) is 11.1 Å². The smallest absolute Gasteiger partial charge is 0.153 e. The monoisotopic (exact) mass is 231 g/mol. The molecule has 2 aromatic rings. The van der Waals surface area contributed by atoms with Crippen LogP contribution in [0.1, 0.15) is 25.5 Å². The van der Waals surface area contributed by atoms with Crippen molar-refractivity contribution in [1.82, 2.24) is 10.2 Å². The van der Waals surface area contributed by atoms with Crippen molar-refractivity contribution < 1.29 is 4.39 Å². The van der Waals surface area contributed by atoms with Crippen LogP contribution >= 0.6 is 0 Å². The zero-order valence-corrected chi connectivity index (χ0v) is 9.81. The highest BCUT2D eigenvalue weighted by atomic mass is 19.1. The van der Waals surface area contributed by atoms with E-state index in [0.29, 0.717) is 5.82 Å². The van der Waals surface area contributed by atoms with E-state index in [0.717, 1.165) is 16.8 Å². The molecule has 17 heavy (non-hydrogen) atoms. The van der Waals surface area contributed by atoms with Crippen LogP contribution in [-0.4, -0.2) is 10.2 Å². The maximum Gasteiger partial charge on any atom is 0.153 e. The van der Waals surface area contributed by atoms with Crippen molar-refractivity contribution in [2.45, 2.75) is 19.8 Å². The van der Waals surface area contributed by atoms with E-state index >= 15 is 0 Å². The second-order valence-electron chi connectivity index (χ2n) is 4.23. The fraction of sp³-hybridized carbons (Fsp3) is 0.231. The van der Waals surface area contributed by atoms with Crippen LogP contribution in [0.4, 0.5) is 10.2 Å². The van der Waals surface area contributed by atoms with Gasteiger partial charge in [-0.3, -0.25) is 0 Å². The van der Waals surface area contributed by atoms with Crippen molar-refractivity contribution in [3.63, 3.8) is 0 Å². The average Bonchev–Trinajstić information content (AvgIpc) is 2.29. The highest BCUT2D eigenvalue weighted by Gasteiger charge is 2.09. The van der Waals surface area contributed by atoms with Gasteiger partial charge in [0.15, 0.2) is 5.82 Å². The normalized spacial score (nSPS) is 10.8. The van der Waals surface area contributed by atoms with Crippen molar-refractivity contribution in [3.05, 3.63) is 41.8 Å². The van der Waals surface area contributed by atoms with Crippen molar-refractivity contribution in [1.29, 1.82) is 0 Å². The van der Waals surface area contributed by atoms with Crippen molar-refractivity contribution >= 4 is 5.82 Å². The Morgan fingerprint density at radius 1 is 1.18 bits per heavy atom. The highest BCUT2D eigenvalue weighted by molar-refractivity contribution is 5.73. The molecule has 2 N–H and O–H groups in total. The summed E-state index contributed by atoms with van der Waals surface area (Å²) in [5, 5.41) is 7.93. The summed E-state index contributed by atoms with van der Waals surface area (Å²) in [6.45, 7) is 4.05. The third kappa shape index (κ3) is 2.41. The first-order chi connectivity index (χ1) is 8.08. The predicted molar refractivity (Wildman–Crippen MR) is 65.9 cm³/mol. The summed E-state index contributed by atoms with van der Waals surface area (Å²) < 4.78 is 13.2. The maximum atomic E-state index is 13.2. The van der Waals surface area contributed by atoms with Gasteiger partial charge in [-0.2, -0.15) is 5.10 Å². The van der Waals surface area contributed by atoms with E-state index in [1.54, 1.807) is 12.1 Å². The molecular weight excluding hydrogens is 217 g/mol. The number of nitrogens with zero attached hydrogens (tertiary/aromatic N) is 2. The molecule has 1 aromatic carbocycles. The van der Waals surface area contributed by atoms with Crippen molar-refractivity contribution in [2.24, 2.45) is 0 Å². The van der Waals surface area contributed by atoms with Crippen LogP contribution in [0, 0.1) is 5.82 Å². The Morgan fingerprint density at radius 3 is 2.59 bits per heavy atom. The third-order valence-electron chi connectivity index (χ3n) is 2.57. The fourth-order valence-electron chi connectivity index (χ4n) is 1.59. The lowest BCUT2D eigenvalue weighted by Crippen LogP contribution is -2.02. The molecule has 0 spiro atoms. The summed E-state index contributed by atoms with van der Waals surface area (Å²) in [6, 6.07) is 8.16. The van der Waals surface area contributed by atoms with E-state index in [9.17, 15) is 4.39 Å². The molecular formula is C13H14FN3. The molecule has 0 saturated carbocycles. The van der Waals surface area contributed by atoms with Crippen LogP contribution in [0.25, 0.3) is 11.1 Å². The molecule has 4 heteroatoms. The maximum absolute atomic E-state index is 13.2. The van der Waals surface area contributed by atoms with Crippen LogP contribution in [0.15, 0.2) is 30.3 Å². The number of halogens is 1. The Bertz CT molecular complexity index is 538. The average molecular weight is 231 g/mol. The molecule has 1 aromatic heterocycles. The van der Waals surface area contributed by atoms with Gasteiger partial charge in [0.05, 0.1) is 5.69 Å². The highest BCUT2D eigenvalue weighted by Crippen LogP contribution is 2.26. The minimum absolute atomic E-state index is 0.260. The first-order valence-corrected chi connectivity index (χ1v) is 5.47. The summed E-state index contributed by atoms with van der Waals surface area (Å²) in [4.78, 5) is 0. The van der Waals surface area contributed by atoms with Gasteiger partial charge in [-0.25, -0.2) is 4.39 Å². The Kier molecular flexibility index (Phi) is 3.04. The molecule has 0 amide bonds. The van der Waals surface area contributed by atoms with Crippen LogP contribution in [0.2, 0.25) is 0 Å². The van der Waals surface area contributed by atoms with Gasteiger partial charge in [0, 0.05) is 5.56 Å². The van der Waals surface area contributed by atoms with E-state index in [1.807, 2.05) is 19.9 Å². The molecule has 0 aliphatic carbocycles. The lowest BCUT2D eigenvalue weighted by Gasteiger charge is -2.09. The molecule has 0 fully saturated rings. The van der Waals surface area contributed by atoms with Crippen molar-refractivity contribution in [2.75, 3.05) is 5.73 Å².